The van der Waals surface area contributed by atoms with Crippen molar-refractivity contribution in [2.24, 2.45) is 0 Å². The number of fused-ring (bicyclic) bond motifs is 2. The molecule has 3 rings (SSSR count). The molecular formula is C12H18N2O5. The first kappa shape index (κ1) is 12.7. The Hall–Kier alpha value is -1.34. The highest BCUT2D eigenvalue weighted by molar-refractivity contribution is 5.83. The van der Waals surface area contributed by atoms with E-state index in [0.29, 0.717) is 13.1 Å². The molecule has 3 fully saturated rings. The zero-order valence-electron chi connectivity index (χ0n) is 10.6. The molecule has 3 heterocycles. The number of β-amino-alcohol motifs (C(OH)–C–C–N with tert-alkyl or cyclic N) is 1. The van der Waals surface area contributed by atoms with E-state index in [1.165, 1.54) is 4.90 Å². The number of likely N-dealkylation sites (tertiary alicyclic amines) is 2. The standard InChI is InChI=1S/C12H18N2O5/c15-7-3-10(11(16)17)14(4-7)12(18)13-5-8-1-2-9(6-13)19-8/h7-10,15H,1-6H2,(H,16,17)/t7-,8?,9?,10-/m1/s1. The molecule has 7 heteroatoms. The average Bonchev–Trinajstić information content (AvgIpc) is 2.91. The van der Waals surface area contributed by atoms with Gasteiger partial charge < -0.3 is 24.7 Å². The molecule has 106 valence electrons. The molecule has 2 N–H and O–H groups in total. The van der Waals surface area contributed by atoms with E-state index in [1.54, 1.807) is 4.90 Å². The lowest BCUT2D eigenvalue weighted by Crippen LogP contribution is -2.53. The van der Waals surface area contributed by atoms with Gasteiger partial charge in [0.15, 0.2) is 0 Å². The van der Waals surface area contributed by atoms with E-state index in [0.717, 1.165) is 12.8 Å². The molecule has 0 radical (unpaired) electrons. The molecule has 0 aliphatic carbocycles. The van der Waals surface area contributed by atoms with E-state index < -0.39 is 18.1 Å². The van der Waals surface area contributed by atoms with Crippen LogP contribution in [0, 0.1) is 0 Å². The summed E-state index contributed by atoms with van der Waals surface area (Å²) in [7, 11) is 0. The van der Waals surface area contributed by atoms with Crippen molar-refractivity contribution in [2.75, 3.05) is 19.6 Å². The molecule has 7 nitrogen and oxygen atoms in total. The third-order valence-electron chi connectivity index (χ3n) is 4.12. The van der Waals surface area contributed by atoms with Gasteiger partial charge in [-0.05, 0) is 12.8 Å². The molecule has 3 aliphatic rings. The van der Waals surface area contributed by atoms with E-state index in [9.17, 15) is 14.7 Å². The lowest BCUT2D eigenvalue weighted by molar-refractivity contribution is -0.141. The largest absolute Gasteiger partial charge is 0.480 e. The second-order valence-electron chi connectivity index (χ2n) is 5.54. The van der Waals surface area contributed by atoms with Crippen molar-refractivity contribution in [3.63, 3.8) is 0 Å². The molecule has 2 amide bonds. The quantitative estimate of drug-likeness (QED) is 0.669. The smallest absolute Gasteiger partial charge is 0.326 e. The minimum absolute atomic E-state index is 0.0819. The van der Waals surface area contributed by atoms with Crippen molar-refractivity contribution < 1.29 is 24.5 Å². The number of aliphatic carboxylic acids is 1. The summed E-state index contributed by atoms with van der Waals surface area (Å²) in [5.41, 5.74) is 0. The Balaban J connectivity index is 1.71. The van der Waals surface area contributed by atoms with Crippen LogP contribution in [0.3, 0.4) is 0 Å². The summed E-state index contributed by atoms with van der Waals surface area (Å²) < 4.78 is 5.66. The number of carbonyl (C=O) groups excluding carboxylic acids is 1. The fourth-order valence-electron chi connectivity index (χ4n) is 3.21. The van der Waals surface area contributed by atoms with Gasteiger partial charge in [-0.25, -0.2) is 9.59 Å². The number of aliphatic hydroxyl groups excluding tert-OH is 1. The van der Waals surface area contributed by atoms with Crippen molar-refractivity contribution in [3.05, 3.63) is 0 Å². The number of carboxylic acids is 1. The van der Waals surface area contributed by atoms with Gasteiger partial charge in [-0.15, -0.1) is 0 Å². The van der Waals surface area contributed by atoms with Gasteiger partial charge in [0, 0.05) is 26.1 Å². The second kappa shape index (κ2) is 4.64. The predicted molar refractivity (Wildman–Crippen MR) is 63.6 cm³/mol. The number of nitrogens with zero attached hydrogens (tertiary/aromatic N) is 2. The van der Waals surface area contributed by atoms with Crippen molar-refractivity contribution in [1.82, 2.24) is 9.80 Å². The van der Waals surface area contributed by atoms with E-state index in [1.807, 2.05) is 0 Å². The number of carboxylic acid groups (broad SMARTS) is 1. The van der Waals surface area contributed by atoms with E-state index in [4.69, 9.17) is 9.84 Å². The van der Waals surface area contributed by atoms with Gasteiger partial charge in [0.25, 0.3) is 0 Å². The van der Waals surface area contributed by atoms with Gasteiger partial charge in [-0.2, -0.15) is 0 Å². The number of amides is 2. The topological polar surface area (TPSA) is 90.3 Å². The highest BCUT2D eigenvalue weighted by Gasteiger charge is 2.43. The molecule has 0 aromatic heterocycles. The fourth-order valence-corrected chi connectivity index (χ4v) is 3.21. The monoisotopic (exact) mass is 270 g/mol. The highest BCUT2D eigenvalue weighted by Crippen LogP contribution is 2.28. The normalized spacial score (nSPS) is 37.7. The molecule has 19 heavy (non-hydrogen) atoms. The maximum Gasteiger partial charge on any atom is 0.326 e. The van der Waals surface area contributed by atoms with Crippen LogP contribution in [-0.4, -0.2) is 76.0 Å². The lowest BCUT2D eigenvalue weighted by Gasteiger charge is -2.35. The number of morpholine rings is 1. The fraction of sp³-hybridized carbons (Fsp3) is 0.833. The van der Waals surface area contributed by atoms with Crippen LogP contribution in [0.2, 0.25) is 0 Å². The van der Waals surface area contributed by atoms with Crippen LogP contribution in [0.25, 0.3) is 0 Å². The molecule has 2 bridgehead atoms. The summed E-state index contributed by atoms with van der Waals surface area (Å²) in [5, 5.41) is 18.7. The molecule has 0 aromatic carbocycles. The van der Waals surface area contributed by atoms with Crippen molar-refractivity contribution in [1.29, 1.82) is 0 Å². The van der Waals surface area contributed by atoms with Crippen LogP contribution in [-0.2, 0) is 9.53 Å². The molecule has 0 spiro atoms. The minimum atomic E-state index is -1.05. The van der Waals surface area contributed by atoms with Crippen molar-refractivity contribution in [2.45, 2.75) is 43.6 Å². The Morgan fingerprint density at radius 3 is 2.32 bits per heavy atom. The van der Waals surface area contributed by atoms with Crippen LogP contribution in [0.1, 0.15) is 19.3 Å². The zero-order valence-corrected chi connectivity index (χ0v) is 10.6. The van der Waals surface area contributed by atoms with E-state index in [-0.39, 0.29) is 31.2 Å². The van der Waals surface area contributed by atoms with Crippen molar-refractivity contribution >= 4 is 12.0 Å². The number of aliphatic hydroxyl groups is 1. The highest BCUT2D eigenvalue weighted by atomic mass is 16.5. The van der Waals surface area contributed by atoms with Crippen LogP contribution in [0.4, 0.5) is 4.79 Å². The molecule has 2 unspecified atom stereocenters. The van der Waals surface area contributed by atoms with Gasteiger partial charge in [0.2, 0.25) is 0 Å². The molecule has 3 saturated heterocycles. The summed E-state index contributed by atoms with van der Waals surface area (Å²) in [6.07, 6.45) is 1.44. The first-order valence-electron chi connectivity index (χ1n) is 6.66. The molecule has 4 atom stereocenters. The first-order valence-corrected chi connectivity index (χ1v) is 6.66. The van der Waals surface area contributed by atoms with E-state index >= 15 is 0 Å². The number of hydrogen-bond donors (Lipinski definition) is 2. The Bertz CT molecular complexity index is 390. The van der Waals surface area contributed by atoms with Crippen LogP contribution < -0.4 is 0 Å². The maximum absolute atomic E-state index is 12.4. The predicted octanol–water partition coefficient (Wildman–Crippen LogP) is -0.511. The molecule has 3 aliphatic heterocycles. The minimum Gasteiger partial charge on any atom is -0.480 e. The van der Waals surface area contributed by atoms with Crippen LogP contribution >= 0.6 is 0 Å². The Kier molecular flexibility index (Phi) is 3.10. The summed E-state index contributed by atoms with van der Waals surface area (Å²) in [5.74, 6) is -1.05. The zero-order chi connectivity index (χ0) is 13.6. The van der Waals surface area contributed by atoms with Crippen LogP contribution in [0.15, 0.2) is 0 Å². The van der Waals surface area contributed by atoms with Crippen molar-refractivity contribution in [3.8, 4) is 0 Å². The second-order valence-corrected chi connectivity index (χ2v) is 5.54. The van der Waals surface area contributed by atoms with Gasteiger partial charge in [-0.1, -0.05) is 0 Å². The summed E-state index contributed by atoms with van der Waals surface area (Å²) in [4.78, 5) is 26.5. The SMILES string of the molecule is O=C(O)[C@H]1C[C@@H](O)CN1C(=O)N1CC2CCC(C1)O2. The third kappa shape index (κ3) is 2.28. The molecule has 0 aromatic rings. The number of hydrogen-bond acceptors (Lipinski definition) is 4. The Morgan fingerprint density at radius 1 is 1.11 bits per heavy atom. The number of rotatable bonds is 1. The first-order chi connectivity index (χ1) is 9.04. The van der Waals surface area contributed by atoms with Crippen LogP contribution in [0.5, 0.6) is 0 Å². The van der Waals surface area contributed by atoms with Gasteiger partial charge >= 0.3 is 12.0 Å². The maximum atomic E-state index is 12.4. The summed E-state index contributed by atoms with van der Waals surface area (Å²) in [6.45, 7) is 1.14. The third-order valence-corrected chi connectivity index (χ3v) is 4.12. The Labute approximate surface area is 110 Å². The molecular weight excluding hydrogens is 252 g/mol. The average molecular weight is 270 g/mol. The number of carbonyl (C=O) groups is 2. The Morgan fingerprint density at radius 2 is 1.74 bits per heavy atom. The van der Waals surface area contributed by atoms with Gasteiger partial charge in [-0.3, -0.25) is 0 Å². The number of ether oxygens (including phenoxy) is 1. The van der Waals surface area contributed by atoms with Gasteiger partial charge in [0.05, 0.1) is 18.3 Å². The molecule has 0 saturated carbocycles. The summed E-state index contributed by atoms with van der Waals surface area (Å²) >= 11 is 0. The van der Waals surface area contributed by atoms with Gasteiger partial charge in [0.1, 0.15) is 6.04 Å². The summed E-state index contributed by atoms with van der Waals surface area (Å²) in [6, 6.07) is -1.20. The number of urea groups is 1. The lowest BCUT2D eigenvalue weighted by atomic mass is 10.2. The van der Waals surface area contributed by atoms with E-state index in [2.05, 4.69) is 0 Å².